The van der Waals surface area contributed by atoms with Crippen LogP contribution in [0.1, 0.15) is 17.1 Å². The van der Waals surface area contributed by atoms with Gasteiger partial charge in [-0.2, -0.15) is 0 Å². The first kappa shape index (κ1) is 13.8. The Labute approximate surface area is 134 Å². The number of aromatic nitrogens is 3. The summed E-state index contributed by atoms with van der Waals surface area (Å²) in [7, 11) is 0. The highest BCUT2D eigenvalue weighted by Crippen LogP contribution is 2.25. The zero-order valence-electron chi connectivity index (χ0n) is 13.2. The largest absolute Gasteiger partial charge is 0.485 e. The van der Waals surface area contributed by atoms with Crippen LogP contribution in [0.2, 0.25) is 0 Å². The number of imidazole rings is 1. The predicted octanol–water partition coefficient (Wildman–Crippen LogP) is 3.50. The molecule has 0 fully saturated rings. The van der Waals surface area contributed by atoms with E-state index in [1.54, 1.807) is 0 Å². The third kappa shape index (κ3) is 2.52. The van der Waals surface area contributed by atoms with Gasteiger partial charge in [-0.05, 0) is 25.3 Å². The summed E-state index contributed by atoms with van der Waals surface area (Å²) in [6, 6.07) is 16.4. The molecule has 1 N–H and O–H groups in total. The molecule has 0 spiro atoms. The second-order valence-electron chi connectivity index (χ2n) is 5.78. The number of aryl methyl sites for hydroxylation is 2. The first-order chi connectivity index (χ1) is 11.2. The van der Waals surface area contributed by atoms with E-state index in [9.17, 15) is 0 Å². The third-order valence-electron chi connectivity index (χ3n) is 4.00. The SMILES string of the molecule is Cc1cc(C)[n+]2cc(COc3cccc4ccccc34)[nH]c2n1. The molecule has 2 aromatic heterocycles. The number of aromatic amines is 1. The zero-order valence-corrected chi connectivity index (χ0v) is 13.2. The number of H-pyrrole nitrogens is 1. The van der Waals surface area contributed by atoms with Gasteiger partial charge >= 0.3 is 5.78 Å². The molecule has 0 aliphatic heterocycles. The lowest BCUT2D eigenvalue weighted by atomic mass is 10.1. The van der Waals surface area contributed by atoms with Crippen LogP contribution in [0.15, 0.2) is 54.7 Å². The van der Waals surface area contributed by atoms with E-state index >= 15 is 0 Å². The number of rotatable bonds is 3. The van der Waals surface area contributed by atoms with Gasteiger partial charge in [-0.3, -0.25) is 0 Å². The van der Waals surface area contributed by atoms with Crippen molar-refractivity contribution >= 4 is 16.6 Å². The Balaban J connectivity index is 1.65. The monoisotopic (exact) mass is 304 g/mol. The van der Waals surface area contributed by atoms with Crippen LogP contribution in [0.4, 0.5) is 0 Å². The molecule has 2 aromatic carbocycles. The lowest BCUT2D eigenvalue weighted by Crippen LogP contribution is -2.24. The van der Waals surface area contributed by atoms with Crippen LogP contribution >= 0.6 is 0 Å². The molecule has 4 rings (SSSR count). The Hall–Kier alpha value is -2.88. The molecule has 0 unspecified atom stereocenters. The minimum Gasteiger partial charge on any atom is -0.485 e. The van der Waals surface area contributed by atoms with Crippen molar-refractivity contribution < 1.29 is 9.14 Å². The molecule has 0 amide bonds. The average Bonchev–Trinajstić information content (AvgIpc) is 2.96. The number of nitrogens with one attached hydrogen (secondary N) is 1. The maximum atomic E-state index is 6.03. The summed E-state index contributed by atoms with van der Waals surface area (Å²) in [4.78, 5) is 7.84. The fourth-order valence-corrected chi connectivity index (χ4v) is 2.93. The molecule has 0 aliphatic carbocycles. The second-order valence-corrected chi connectivity index (χ2v) is 5.78. The van der Waals surface area contributed by atoms with E-state index < -0.39 is 0 Å². The molecule has 4 nitrogen and oxygen atoms in total. The highest BCUT2D eigenvalue weighted by atomic mass is 16.5. The van der Waals surface area contributed by atoms with Gasteiger partial charge in [0.25, 0.3) is 0 Å². The standard InChI is InChI=1S/C19H17N3O/c1-13-10-14(2)22-11-16(21-19(22)20-13)12-23-18-9-5-7-15-6-3-4-8-17(15)18/h3-11H,12H2,1-2H3/p+1. The van der Waals surface area contributed by atoms with Crippen molar-refractivity contribution in [2.24, 2.45) is 0 Å². The molecule has 0 bridgehead atoms. The van der Waals surface area contributed by atoms with Gasteiger partial charge < -0.3 is 4.74 Å². The Bertz CT molecular complexity index is 999. The van der Waals surface area contributed by atoms with Crippen molar-refractivity contribution in [3.8, 4) is 5.75 Å². The van der Waals surface area contributed by atoms with Gasteiger partial charge in [0.2, 0.25) is 0 Å². The summed E-state index contributed by atoms with van der Waals surface area (Å²) in [5.74, 6) is 1.74. The first-order valence-corrected chi connectivity index (χ1v) is 7.69. The van der Waals surface area contributed by atoms with E-state index in [0.29, 0.717) is 6.61 Å². The third-order valence-corrected chi connectivity index (χ3v) is 4.00. The number of benzene rings is 2. The van der Waals surface area contributed by atoms with Gasteiger partial charge in [-0.1, -0.05) is 41.4 Å². The van der Waals surface area contributed by atoms with Crippen LogP contribution in [0.25, 0.3) is 16.6 Å². The summed E-state index contributed by atoms with van der Waals surface area (Å²) in [6.45, 7) is 4.56. The smallest absolute Gasteiger partial charge is 0.401 e. The summed E-state index contributed by atoms with van der Waals surface area (Å²) < 4.78 is 8.08. The Morgan fingerprint density at radius 3 is 2.83 bits per heavy atom. The van der Waals surface area contributed by atoms with Gasteiger partial charge in [0.1, 0.15) is 29.9 Å². The van der Waals surface area contributed by atoms with Crippen molar-refractivity contribution in [1.82, 2.24) is 9.97 Å². The zero-order chi connectivity index (χ0) is 15.8. The molecule has 0 saturated carbocycles. The summed E-state index contributed by atoms with van der Waals surface area (Å²) in [5.41, 5.74) is 3.16. The van der Waals surface area contributed by atoms with E-state index in [4.69, 9.17) is 4.74 Å². The van der Waals surface area contributed by atoms with Gasteiger partial charge in [0.05, 0.1) is 5.69 Å². The second kappa shape index (κ2) is 5.39. The van der Waals surface area contributed by atoms with Gasteiger partial charge in [0.15, 0.2) is 0 Å². The number of hydrogen-bond acceptors (Lipinski definition) is 2. The summed E-state index contributed by atoms with van der Waals surface area (Å²) in [5, 5.41) is 2.31. The maximum absolute atomic E-state index is 6.03. The molecule has 23 heavy (non-hydrogen) atoms. The van der Waals surface area contributed by atoms with Crippen molar-refractivity contribution in [2.45, 2.75) is 20.5 Å². The Kier molecular flexibility index (Phi) is 3.23. The van der Waals surface area contributed by atoms with Crippen LogP contribution in [0.3, 0.4) is 0 Å². The topological polar surface area (TPSA) is 42.0 Å². The van der Waals surface area contributed by atoms with Crippen LogP contribution in [-0.4, -0.2) is 9.97 Å². The molecule has 0 radical (unpaired) electrons. The fourth-order valence-electron chi connectivity index (χ4n) is 2.93. The van der Waals surface area contributed by atoms with Crippen LogP contribution in [-0.2, 0) is 6.61 Å². The Morgan fingerprint density at radius 1 is 1.09 bits per heavy atom. The molecule has 4 heteroatoms. The quantitative estimate of drug-likeness (QED) is 0.589. The summed E-state index contributed by atoms with van der Waals surface area (Å²) in [6.07, 6.45) is 2.04. The van der Waals surface area contributed by atoms with E-state index in [1.165, 1.54) is 5.39 Å². The van der Waals surface area contributed by atoms with Crippen LogP contribution in [0.5, 0.6) is 5.75 Å². The van der Waals surface area contributed by atoms with Crippen molar-refractivity contribution in [3.63, 3.8) is 0 Å². The lowest BCUT2D eigenvalue weighted by Gasteiger charge is -2.07. The van der Waals surface area contributed by atoms with Crippen LogP contribution in [0, 0.1) is 13.8 Å². The minimum absolute atomic E-state index is 0.482. The van der Waals surface area contributed by atoms with Crippen molar-refractivity contribution in [2.75, 3.05) is 0 Å². The molecule has 4 aromatic rings. The van der Waals surface area contributed by atoms with Gasteiger partial charge in [0, 0.05) is 11.5 Å². The highest BCUT2D eigenvalue weighted by Gasteiger charge is 2.13. The molecule has 2 heterocycles. The molecular weight excluding hydrogens is 286 g/mol. The Morgan fingerprint density at radius 2 is 1.91 bits per heavy atom. The number of nitrogens with zero attached hydrogens (tertiary/aromatic N) is 2. The number of fused-ring (bicyclic) bond motifs is 2. The minimum atomic E-state index is 0.482. The van der Waals surface area contributed by atoms with E-state index in [0.717, 1.165) is 34.0 Å². The predicted molar refractivity (Wildman–Crippen MR) is 89.5 cm³/mol. The maximum Gasteiger partial charge on any atom is 0.401 e. The first-order valence-electron chi connectivity index (χ1n) is 7.69. The molecule has 114 valence electrons. The van der Waals surface area contributed by atoms with Crippen molar-refractivity contribution in [3.05, 3.63) is 71.8 Å². The normalized spacial score (nSPS) is 11.2. The summed E-state index contributed by atoms with van der Waals surface area (Å²) >= 11 is 0. The molecule has 0 aliphatic rings. The van der Waals surface area contributed by atoms with Gasteiger partial charge in [-0.15, -0.1) is 0 Å². The van der Waals surface area contributed by atoms with Gasteiger partial charge in [-0.25, -0.2) is 9.38 Å². The average molecular weight is 304 g/mol. The fraction of sp³-hybridized carbons (Fsp3) is 0.158. The number of hydrogen-bond donors (Lipinski definition) is 1. The molecule has 0 saturated heterocycles. The van der Waals surface area contributed by atoms with Crippen LogP contribution < -0.4 is 9.14 Å². The highest BCUT2D eigenvalue weighted by molar-refractivity contribution is 5.88. The molecule has 0 atom stereocenters. The van der Waals surface area contributed by atoms with Crippen molar-refractivity contribution in [1.29, 1.82) is 0 Å². The van der Waals surface area contributed by atoms with E-state index in [-0.39, 0.29) is 0 Å². The van der Waals surface area contributed by atoms with E-state index in [2.05, 4.69) is 45.6 Å². The van der Waals surface area contributed by atoms with E-state index in [1.807, 2.05) is 37.4 Å². The molecular formula is C19H18N3O+. The lowest BCUT2D eigenvalue weighted by molar-refractivity contribution is -0.520. The number of ether oxygens (including phenoxy) is 1.